The lowest BCUT2D eigenvalue weighted by molar-refractivity contribution is -0.137. The number of carbonyl (C=O) groups excluding carboxylic acids is 2. The van der Waals surface area contributed by atoms with E-state index in [0.29, 0.717) is 16.7 Å². The zero-order valence-electron chi connectivity index (χ0n) is 14.6. The monoisotopic (exact) mass is 411 g/mol. The molecule has 2 heterocycles. The summed E-state index contributed by atoms with van der Waals surface area (Å²) in [7, 11) is 1.68. The van der Waals surface area contributed by atoms with Gasteiger partial charge in [0.25, 0.3) is 5.91 Å². The van der Waals surface area contributed by atoms with Gasteiger partial charge in [-0.15, -0.1) is 0 Å². The van der Waals surface area contributed by atoms with Crippen LogP contribution in [0.1, 0.15) is 21.6 Å². The number of fused-ring (bicyclic) bond motifs is 1. The standard InChI is InChI=1S/C17H13ClF3N5O2/c1-8-12-13(18)11(7-22-14(12)26(2)25-8)15(27)24-16(28)23-10-5-3-9(4-6-10)17(19,20)21/h3-7H,1-2H3,(H2,23,24,27,28). The maximum atomic E-state index is 12.6. The molecule has 2 N–H and O–H groups in total. The van der Waals surface area contributed by atoms with Crippen LogP contribution in [-0.4, -0.2) is 26.7 Å². The largest absolute Gasteiger partial charge is 0.416 e. The summed E-state index contributed by atoms with van der Waals surface area (Å²) in [5.74, 6) is -0.813. The van der Waals surface area contributed by atoms with Gasteiger partial charge in [0, 0.05) is 18.9 Å². The Morgan fingerprint density at radius 1 is 1.18 bits per heavy atom. The highest BCUT2D eigenvalue weighted by Crippen LogP contribution is 2.30. The van der Waals surface area contributed by atoms with Crippen molar-refractivity contribution < 1.29 is 22.8 Å². The van der Waals surface area contributed by atoms with Crippen LogP contribution in [-0.2, 0) is 13.2 Å². The molecule has 7 nitrogen and oxygen atoms in total. The predicted molar refractivity (Wildman–Crippen MR) is 96.2 cm³/mol. The minimum atomic E-state index is -4.48. The maximum absolute atomic E-state index is 12.6. The molecule has 3 amide bonds. The average Bonchev–Trinajstić information content (AvgIpc) is 2.89. The van der Waals surface area contributed by atoms with E-state index in [9.17, 15) is 22.8 Å². The third-order valence-electron chi connectivity index (χ3n) is 3.91. The average molecular weight is 412 g/mol. The minimum Gasteiger partial charge on any atom is -0.308 e. The molecule has 0 unspecified atom stereocenters. The Morgan fingerprint density at radius 2 is 1.82 bits per heavy atom. The van der Waals surface area contributed by atoms with E-state index >= 15 is 0 Å². The Morgan fingerprint density at radius 3 is 2.43 bits per heavy atom. The zero-order valence-corrected chi connectivity index (χ0v) is 15.3. The molecular formula is C17H13ClF3N5O2. The first-order valence-corrected chi connectivity index (χ1v) is 8.23. The van der Waals surface area contributed by atoms with Gasteiger partial charge in [-0.1, -0.05) is 11.6 Å². The number of carbonyl (C=O) groups is 2. The summed E-state index contributed by atoms with van der Waals surface area (Å²) in [5.41, 5.74) is 0.244. The van der Waals surface area contributed by atoms with Crippen LogP contribution < -0.4 is 10.6 Å². The molecule has 0 spiro atoms. The molecule has 28 heavy (non-hydrogen) atoms. The van der Waals surface area contributed by atoms with E-state index in [0.717, 1.165) is 24.3 Å². The number of aromatic nitrogens is 3. The number of nitrogens with zero attached hydrogens (tertiary/aromatic N) is 3. The Labute approximate surface area is 161 Å². The molecule has 0 fully saturated rings. The van der Waals surface area contributed by atoms with Crippen LogP contribution in [0, 0.1) is 6.92 Å². The van der Waals surface area contributed by atoms with Crippen molar-refractivity contribution in [2.45, 2.75) is 13.1 Å². The van der Waals surface area contributed by atoms with Crippen molar-refractivity contribution in [3.63, 3.8) is 0 Å². The van der Waals surface area contributed by atoms with Gasteiger partial charge in [0.15, 0.2) is 5.65 Å². The van der Waals surface area contributed by atoms with E-state index in [1.54, 1.807) is 14.0 Å². The summed E-state index contributed by atoms with van der Waals surface area (Å²) in [6.07, 6.45) is -3.27. The van der Waals surface area contributed by atoms with Gasteiger partial charge in [0.2, 0.25) is 0 Å². The molecule has 3 aromatic rings. The highest BCUT2D eigenvalue weighted by atomic mass is 35.5. The van der Waals surface area contributed by atoms with Gasteiger partial charge in [-0.3, -0.25) is 14.8 Å². The second-order valence-electron chi connectivity index (χ2n) is 5.88. The summed E-state index contributed by atoms with van der Waals surface area (Å²) >= 11 is 6.27. The lowest BCUT2D eigenvalue weighted by atomic mass is 10.2. The summed E-state index contributed by atoms with van der Waals surface area (Å²) in [6.45, 7) is 1.70. The number of urea groups is 1. The fourth-order valence-corrected chi connectivity index (χ4v) is 2.96. The van der Waals surface area contributed by atoms with Crippen molar-refractivity contribution in [3.8, 4) is 0 Å². The van der Waals surface area contributed by atoms with Gasteiger partial charge in [-0.2, -0.15) is 18.3 Å². The molecule has 0 bridgehead atoms. The van der Waals surface area contributed by atoms with Crippen molar-refractivity contribution >= 4 is 40.3 Å². The maximum Gasteiger partial charge on any atom is 0.416 e. The lowest BCUT2D eigenvalue weighted by Crippen LogP contribution is -2.34. The highest BCUT2D eigenvalue weighted by Gasteiger charge is 2.30. The Hall–Kier alpha value is -3.14. The number of pyridine rings is 1. The molecule has 0 aliphatic heterocycles. The molecule has 0 aliphatic carbocycles. The first-order valence-electron chi connectivity index (χ1n) is 7.85. The van der Waals surface area contributed by atoms with Crippen molar-refractivity contribution in [2.75, 3.05) is 5.32 Å². The van der Waals surface area contributed by atoms with E-state index in [2.05, 4.69) is 20.7 Å². The third kappa shape index (κ3) is 3.77. The number of aryl methyl sites for hydroxylation is 2. The van der Waals surface area contributed by atoms with Crippen molar-refractivity contribution in [2.24, 2.45) is 7.05 Å². The molecule has 0 aliphatic rings. The second-order valence-corrected chi connectivity index (χ2v) is 6.25. The van der Waals surface area contributed by atoms with Crippen LogP contribution in [0.2, 0.25) is 5.02 Å². The highest BCUT2D eigenvalue weighted by molar-refractivity contribution is 6.38. The number of anilines is 1. The summed E-state index contributed by atoms with van der Waals surface area (Å²) < 4.78 is 39.2. The van der Waals surface area contributed by atoms with Crippen LogP contribution in [0.4, 0.5) is 23.7 Å². The normalized spacial score (nSPS) is 11.5. The molecular weight excluding hydrogens is 399 g/mol. The van der Waals surface area contributed by atoms with E-state index in [4.69, 9.17) is 11.6 Å². The first-order chi connectivity index (χ1) is 13.1. The molecule has 0 atom stereocenters. The SMILES string of the molecule is Cc1nn(C)c2ncc(C(=O)NC(=O)Nc3ccc(C(F)(F)F)cc3)c(Cl)c12. The van der Waals surface area contributed by atoms with Gasteiger partial charge in [0.05, 0.1) is 27.2 Å². The van der Waals surface area contributed by atoms with Crippen molar-refractivity contribution in [1.82, 2.24) is 20.1 Å². The van der Waals surface area contributed by atoms with E-state index in [-0.39, 0.29) is 16.3 Å². The van der Waals surface area contributed by atoms with Crippen molar-refractivity contribution in [3.05, 3.63) is 52.3 Å². The number of amides is 3. The quantitative estimate of drug-likeness (QED) is 0.669. The summed E-state index contributed by atoms with van der Waals surface area (Å²) in [5, 5.41) is 9.08. The molecule has 0 radical (unpaired) electrons. The van der Waals surface area contributed by atoms with E-state index < -0.39 is 23.7 Å². The number of alkyl halides is 3. The number of benzene rings is 1. The summed E-state index contributed by atoms with van der Waals surface area (Å²) in [6, 6.07) is 2.86. The van der Waals surface area contributed by atoms with Crippen LogP contribution >= 0.6 is 11.6 Å². The van der Waals surface area contributed by atoms with Crippen LogP contribution in [0.5, 0.6) is 0 Å². The topological polar surface area (TPSA) is 88.9 Å². The van der Waals surface area contributed by atoms with Crippen LogP contribution in [0.15, 0.2) is 30.5 Å². The smallest absolute Gasteiger partial charge is 0.308 e. The first kappa shape index (κ1) is 19.6. The molecule has 3 rings (SSSR count). The minimum absolute atomic E-state index is 0.0344. The molecule has 2 aromatic heterocycles. The number of hydrogen-bond acceptors (Lipinski definition) is 4. The number of halogens is 4. The van der Waals surface area contributed by atoms with Crippen LogP contribution in [0.25, 0.3) is 11.0 Å². The third-order valence-corrected chi connectivity index (χ3v) is 4.30. The number of hydrogen-bond donors (Lipinski definition) is 2. The Kier molecular flexibility index (Phi) is 4.99. The fraction of sp³-hybridized carbons (Fsp3) is 0.176. The van der Waals surface area contributed by atoms with Gasteiger partial charge >= 0.3 is 12.2 Å². The summed E-state index contributed by atoms with van der Waals surface area (Å²) in [4.78, 5) is 28.4. The van der Waals surface area contributed by atoms with Gasteiger partial charge in [0.1, 0.15) is 0 Å². The number of imide groups is 1. The Bertz CT molecular complexity index is 1080. The van der Waals surface area contributed by atoms with Gasteiger partial charge in [-0.05, 0) is 31.2 Å². The van der Waals surface area contributed by atoms with Gasteiger partial charge < -0.3 is 5.32 Å². The number of rotatable bonds is 2. The van der Waals surface area contributed by atoms with Gasteiger partial charge in [-0.25, -0.2) is 9.78 Å². The molecule has 1 aromatic carbocycles. The zero-order chi connectivity index (χ0) is 20.6. The molecule has 146 valence electrons. The van der Waals surface area contributed by atoms with Crippen molar-refractivity contribution in [1.29, 1.82) is 0 Å². The lowest BCUT2D eigenvalue weighted by Gasteiger charge is -2.10. The molecule has 0 saturated heterocycles. The second kappa shape index (κ2) is 7.12. The number of nitrogens with one attached hydrogen (secondary N) is 2. The Balaban J connectivity index is 1.74. The molecule has 11 heteroatoms. The molecule has 0 saturated carbocycles. The van der Waals surface area contributed by atoms with E-state index in [1.807, 2.05) is 0 Å². The van der Waals surface area contributed by atoms with E-state index in [1.165, 1.54) is 10.9 Å². The van der Waals surface area contributed by atoms with Crippen LogP contribution in [0.3, 0.4) is 0 Å². The fourth-order valence-electron chi connectivity index (χ4n) is 2.60. The predicted octanol–water partition coefficient (Wildman–Crippen LogP) is 3.91.